The van der Waals surface area contributed by atoms with E-state index in [1.165, 1.54) is 23.9 Å². The smallest absolute Gasteiger partial charge is 0.269 e. The van der Waals surface area contributed by atoms with Crippen LogP contribution in [0.3, 0.4) is 0 Å². The maximum absolute atomic E-state index is 12.6. The number of nitro groups is 1. The summed E-state index contributed by atoms with van der Waals surface area (Å²) in [7, 11) is 0. The van der Waals surface area contributed by atoms with E-state index in [4.69, 9.17) is 4.74 Å². The fraction of sp³-hybridized carbons (Fsp3) is 0.0952. The molecule has 0 aliphatic carbocycles. The van der Waals surface area contributed by atoms with Gasteiger partial charge in [-0.1, -0.05) is 30.3 Å². The van der Waals surface area contributed by atoms with E-state index in [0.29, 0.717) is 17.2 Å². The lowest BCUT2D eigenvalue weighted by atomic mass is 10.2. The molecule has 0 saturated carbocycles. The van der Waals surface area contributed by atoms with Gasteiger partial charge in [0.1, 0.15) is 5.75 Å². The van der Waals surface area contributed by atoms with Crippen LogP contribution in [-0.2, 0) is 4.79 Å². The predicted molar refractivity (Wildman–Crippen MR) is 110 cm³/mol. The number of para-hydroxylation sites is 3. The average molecular weight is 394 g/mol. The Morgan fingerprint density at radius 3 is 2.32 bits per heavy atom. The van der Waals surface area contributed by atoms with Crippen LogP contribution in [0.1, 0.15) is 6.92 Å². The molecule has 0 saturated heterocycles. The van der Waals surface area contributed by atoms with Crippen molar-refractivity contribution >= 4 is 29.0 Å². The molecule has 0 aliphatic rings. The first kappa shape index (κ1) is 19.4. The van der Waals surface area contributed by atoms with Crippen LogP contribution in [0.15, 0.2) is 83.8 Å². The Bertz CT molecular complexity index is 962. The van der Waals surface area contributed by atoms with Crippen molar-refractivity contribution in [3.05, 3.63) is 89.0 Å². The number of nitro benzene ring substituents is 1. The Morgan fingerprint density at radius 2 is 1.64 bits per heavy atom. The normalized spacial score (nSPS) is 11.5. The van der Waals surface area contributed by atoms with Gasteiger partial charge in [0, 0.05) is 17.0 Å². The second kappa shape index (κ2) is 9.05. The summed E-state index contributed by atoms with van der Waals surface area (Å²) in [5.41, 5.74) is 0.598. The van der Waals surface area contributed by atoms with Crippen LogP contribution >= 0.6 is 11.8 Å². The van der Waals surface area contributed by atoms with Crippen LogP contribution in [0.4, 0.5) is 11.4 Å². The van der Waals surface area contributed by atoms with E-state index in [2.05, 4.69) is 5.32 Å². The standard InChI is InChI=1S/C21H18N2O4S/c1-15(28-18-13-11-16(12-14-18)23(25)26)21(24)22-19-9-5-6-10-20(19)27-17-7-3-2-4-8-17/h2-15H,1H3,(H,22,24). The highest BCUT2D eigenvalue weighted by atomic mass is 32.2. The van der Waals surface area contributed by atoms with E-state index in [-0.39, 0.29) is 11.6 Å². The molecule has 1 unspecified atom stereocenters. The molecule has 0 radical (unpaired) electrons. The maximum Gasteiger partial charge on any atom is 0.269 e. The molecule has 6 nitrogen and oxygen atoms in total. The van der Waals surface area contributed by atoms with E-state index in [9.17, 15) is 14.9 Å². The van der Waals surface area contributed by atoms with Gasteiger partial charge in [-0.3, -0.25) is 14.9 Å². The number of amides is 1. The Balaban J connectivity index is 1.66. The van der Waals surface area contributed by atoms with Crippen molar-refractivity contribution in [1.29, 1.82) is 0 Å². The molecule has 28 heavy (non-hydrogen) atoms. The number of anilines is 1. The summed E-state index contributed by atoms with van der Waals surface area (Å²) in [6.45, 7) is 1.78. The third-order valence-electron chi connectivity index (χ3n) is 3.85. The molecule has 0 fully saturated rings. The highest BCUT2D eigenvalue weighted by Gasteiger charge is 2.17. The van der Waals surface area contributed by atoms with Crippen molar-refractivity contribution in [2.75, 3.05) is 5.32 Å². The van der Waals surface area contributed by atoms with Gasteiger partial charge in [-0.25, -0.2) is 0 Å². The van der Waals surface area contributed by atoms with E-state index in [1.54, 1.807) is 31.2 Å². The molecule has 3 rings (SSSR count). The molecule has 0 bridgehead atoms. The van der Waals surface area contributed by atoms with E-state index in [1.807, 2.05) is 42.5 Å². The number of carbonyl (C=O) groups excluding carboxylic acids is 1. The number of carbonyl (C=O) groups is 1. The number of hydrogen-bond donors (Lipinski definition) is 1. The number of thioether (sulfide) groups is 1. The summed E-state index contributed by atoms with van der Waals surface area (Å²) in [4.78, 5) is 23.7. The summed E-state index contributed by atoms with van der Waals surface area (Å²) in [5.74, 6) is 1.04. The maximum atomic E-state index is 12.6. The molecular weight excluding hydrogens is 376 g/mol. The lowest BCUT2D eigenvalue weighted by Gasteiger charge is -2.15. The molecule has 1 N–H and O–H groups in total. The quantitative estimate of drug-likeness (QED) is 0.325. The minimum Gasteiger partial charge on any atom is -0.455 e. The zero-order valence-corrected chi connectivity index (χ0v) is 15.9. The molecule has 0 heterocycles. The van der Waals surface area contributed by atoms with Crippen LogP contribution in [0, 0.1) is 10.1 Å². The van der Waals surface area contributed by atoms with Gasteiger partial charge in [0.2, 0.25) is 5.91 Å². The van der Waals surface area contributed by atoms with Gasteiger partial charge in [-0.15, -0.1) is 11.8 Å². The van der Waals surface area contributed by atoms with Gasteiger partial charge >= 0.3 is 0 Å². The summed E-state index contributed by atoms with van der Waals surface area (Å²) in [6.07, 6.45) is 0. The van der Waals surface area contributed by atoms with Crippen molar-refractivity contribution < 1.29 is 14.5 Å². The Labute approximate surface area is 166 Å². The number of ether oxygens (including phenoxy) is 1. The minimum absolute atomic E-state index is 0.0217. The van der Waals surface area contributed by atoms with Crippen LogP contribution in [-0.4, -0.2) is 16.1 Å². The van der Waals surface area contributed by atoms with Gasteiger partial charge in [0.25, 0.3) is 5.69 Å². The first-order valence-electron chi connectivity index (χ1n) is 8.57. The molecule has 142 valence electrons. The fourth-order valence-corrected chi connectivity index (χ4v) is 3.28. The number of rotatable bonds is 7. The molecule has 0 aromatic heterocycles. The highest BCUT2D eigenvalue weighted by molar-refractivity contribution is 8.00. The van der Waals surface area contributed by atoms with Gasteiger partial charge in [-0.05, 0) is 43.3 Å². The lowest BCUT2D eigenvalue weighted by molar-refractivity contribution is -0.384. The second-order valence-corrected chi connectivity index (χ2v) is 7.33. The Kier molecular flexibility index (Phi) is 6.29. The number of nitrogens with zero attached hydrogens (tertiary/aromatic N) is 1. The number of non-ortho nitro benzene ring substituents is 1. The first-order chi connectivity index (χ1) is 13.5. The summed E-state index contributed by atoms with van der Waals surface area (Å²) in [6, 6.07) is 22.7. The van der Waals surface area contributed by atoms with Crippen LogP contribution in [0.25, 0.3) is 0 Å². The lowest BCUT2D eigenvalue weighted by Crippen LogP contribution is -2.22. The fourth-order valence-electron chi connectivity index (χ4n) is 2.41. The van der Waals surface area contributed by atoms with Crippen LogP contribution in [0.2, 0.25) is 0 Å². The van der Waals surface area contributed by atoms with Gasteiger partial charge in [0.05, 0.1) is 15.9 Å². The SMILES string of the molecule is CC(Sc1ccc([N+](=O)[O-])cc1)C(=O)Nc1ccccc1Oc1ccccc1. The zero-order chi connectivity index (χ0) is 19.9. The summed E-state index contributed by atoms with van der Waals surface area (Å²) in [5, 5.41) is 13.2. The number of hydrogen-bond acceptors (Lipinski definition) is 5. The molecule has 0 spiro atoms. The molecule has 3 aromatic carbocycles. The van der Waals surface area contributed by atoms with E-state index >= 15 is 0 Å². The third-order valence-corrected chi connectivity index (χ3v) is 4.96. The Hall–Kier alpha value is -3.32. The highest BCUT2D eigenvalue weighted by Crippen LogP contribution is 2.31. The van der Waals surface area contributed by atoms with Crippen LogP contribution < -0.4 is 10.1 Å². The Morgan fingerprint density at radius 1 is 1.00 bits per heavy atom. The largest absolute Gasteiger partial charge is 0.455 e. The number of nitrogens with one attached hydrogen (secondary N) is 1. The monoisotopic (exact) mass is 394 g/mol. The van der Waals surface area contributed by atoms with Gasteiger partial charge < -0.3 is 10.1 Å². The summed E-state index contributed by atoms with van der Waals surface area (Å²) >= 11 is 1.33. The van der Waals surface area contributed by atoms with Crippen molar-refractivity contribution in [2.24, 2.45) is 0 Å². The van der Waals surface area contributed by atoms with Crippen molar-refractivity contribution in [3.8, 4) is 11.5 Å². The van der Waals surface area contributed by atoms with Crippen LogP contribution in [0.5, 0.6) is 11.5 Å². The minimum atomic E-state index is -0.450. The molecule has 0 aliphatic heterocycles. The molecule has 3 aromatic rings. The summed E-state index contributed by atoms with van der Waals surface area (Å²) < 4.78 is 5.86. The van der Waals surface area contributed by atoms with Crippen molar-refractivity contribution in [2.45, 2.75) is 17.1 Å². The molecule has 1 atom stereocenters. The molecule has 1 amide bonds. The second-order valence-electron chi connectivity index (χ2n) is 5.91. The average Bonchev–Trinajstić information content (AvgIpc) is 2.70. The first-order valence-corrected chi connectivity index (χ1v) is 9.45. The van der Waals surface area contributed by atoms with E-state index in [0.717, 1.165) is 4.90 Å². The van der Waals surface area contributed by atoms with Crippen molar-refractivity contribution in [3.63, 3.8) is 0 Å². The van der Waals surface area contributed by atoms with Gasteiger partial charge in [-0.2, -0.15) is 0 Å². The van der Waals surface area contributed by atoms with Gasteiger partial charge in [0.15, 0.2) is 5.75 Å². The van der Waals surface area contributed by atoms with Crippen molar-refractivity contribution in [1.82, 2.24) is 0 Å². The number of benzene rings is 3. The molecular formula is C21H18N2O4S. The topological polar surface area (TPSA) is 81.5 Å². The molecule has 7 heteroatoms. The predicted octanol–water partition coefficient (Wildman–Crippen LogP) is 5.51. The third kappa shape index (κ3) is 5.11. The zero-order valence-electron chi connectivity index (χ0n) is 15.1. The van der Waals surface area contributed by atoms with E-state index < -0.39 is 10.2 Å².